The second-order valence-electron chi connectivity index (χ2n) is 7.18. The summed E-state index contributed by atoms with van der Waals surface area (Å²) in [7, 11) is 2.92. The minimum Gasteiger partial charge on any atom is -0.497 e. The fraction of sp³-hybridized carbons (Fsp3) is 0.217. The van der Waals surface area contributed by atoms with Crippen LogP contribution in [0.1, 0.15) is 28.8 Å². The maximum absolute atomic E-state index is 13.0. The summed E-state index contributed by atoms with van der Waals surface area (Å²) in [4.78, 5) is 24.6. The van der Waals surface area contributed by atoms with Crippen molar-refractivity contribution >= 4 is 17.6 Å². The van der Waals surface area contributed by atoms with Gasteiger partial charge < -0.3 is 19.2 Å². The number of hydrogen-bond donors (Lipinski definition) is 1. The first-order valence-electron chi connectivity index (χ1n) is 9.22. The van der Waals surface area contributed by atoms with E-state index in [1.807, 2.05) is 49.4 Å². The Morgan fingerprint density at radius 2 is 1.90 bits per heavy atom. The van der Waals surface area contributed by atoms with Gasteiger partial charge in [-0.2, -0.15) is 0 Å². The summed E-state index contributed by atoms with van der Waals surface area (Å²) >= 11 is 0. The number of nitrogens with one attached hydrogen (secondary N) is 1. The van der Waals surface area contributed by atoms with Crippen LogP contribution in [0.4, 0.5) is 5.69 Å². The third-order valence-electron chi connectivity index (χ3n) is 5.36. The molecule has 0 saturated carbocycles. The maximum atomic E-state index is 13.0. The normalized spacial score (nSPS) is 17.6. The van der Waals surface area contributed by atoms with Crippen LogP contribution in [0, 0.1) is 0 Å². The molecule has 1 amide bonds. The fourth-order valence-electron chi connectivity index (χ4n) is 3.76. The van der Waals surface area contributed by atoms with Crippen LogP contribution >= 0.6 is 0 Å². The van der Waals surface area contributed by atoms with Gasteiger partial charge in [0.2, 0.25) is 11.7 Å². The van der Waals surface area contributed by atoms with Gasteiger partial charge in [0, 0.05) is 12.0 Å². The van der Waals surface area contributed by atoms with Gasteiger partial charge in [-0.1, -0.05) is 30.3 Å². The van der Waals surface area contributed by atoms with Gasteiger partial charge in [0.25, 0.3) is 0 Å². The second-order valence-corrected chi connectivity index (χ2v) is 7.18. The summed E-state index contributed by atoms with van der Waals surface area (Å²) in [5, 5.41) is 3.04. The molecule has 29 heavy (non-hydrogen) atoms. The average molecular weight is 391 g/mol. The van der Waals surface area contributed by atoms with Gasteiger partial charge in [0.05, 0.1) is 25.3 Å². The highest BCUT2D eigenvalue weighted by molar-refractivity contribution is 6.09. The number of hydrogen-bond acceptors (Lipinski definition) is 5. The number of methoxy groups -OCH3 is 2. The number of para-hydroxylation sites is 1. The highest BCUT2D eigenvalue weighted by Crippen LogP contribution is 2.45. The molecular weight excluding hydrogens is 370 g/mol. The monoisotopic (exact) mass is 391 g/mol. The van der Waals surface area contributed by atoms with Crippen LogP contribution in [-0.2, 0) is 21.4 Å². The number of carbonyl (C=O) groups excluding carboxylic acids is 2. The quantitative estimate of drug-likeness (QED) is 0.660. The molecule has 6 nitrogen and oxygen atoms in total. The molecule has 4 rings (SSSR count). The third kappa shape index (κ3) is 3.16. The summed E-state index contributed by atoms with van der Waals surface area (Å²) in [6.45, 7) is 1.88. The number of amides is 1. The van der Waals surface area contributed by atoms with Gasteiger partial charge in [0.1, 0.15) is 11.5 Å². The molecule has 1 unspecified atom stereocenters. The number of benzene rings is 2. The van der Waals surface area contributed by atoms with Crippen molar-refractivity contribution in [2.75, 3.05) is 19.5 Å². The summed E-state index contributed by atoms with van der Waals surface area (Å²) in [6, 6.07) is 16.8. The van der Waals surface area contributed by atoms with Gasteiger partial charge in [-0.15, -0.1) is 0 Å². The Morgan fingerprint density at radius 1 is 1.10 bits per heavy atom. The SMILES string of the molecule is COC(=O)c1ccc(CC2(C)C(=O)Nc3c(-c4cccc(OC)c4)cccc32)o1. The van der Waals surface area contributed by atoms with Crippen molar-refractivity contribution in [1.29, 1.82) is 0 Å². The smallest absolute Gasteiger partial charge is 0.373 e. The molecule has 1 aliphatic heterocycles. The van der Waals surface area contributed by atoms with E-state index >= 15 is 0 Å². The van der Waals surface area contributed by atoms with Crippen molar-refractivity contribution in [3.63, 3.8) is 0 Å². The van der Waals surface area contributed by atoms with Crippen molar-refractivity contribution in [2.24, 2.45) is 0 Å². The molecule has 2 aromatic carbocycles. The second kappa shape index (κ2) is 7.13. The molecule has 6 heteroatoms. The predicted octanol–water partition coefficient (Wildman–Crippen LogP) is 4.19. The Labute approximate surface area is 168 Å². The van der Waals surface area contributed by atoms with Crippen LogP contribution < -0.4 is 10.1 Å². The Hall–Kier alpha value is -3.54. The zero-order valence-electron chi connectivity index (χ0n) is 16.4. The molecule has 0 aliphatic carbocycles. The molecule has 148 valence electrons. The fourth-order valence-corrected chi connectivity index (χ4v) is 3.76. The molecule has 0 radical (unpaired) electrons. The molecule has 0 spiro atoms. The van der Waals surface area contributed by atoms with Gasteiger partial charge in [0.15, 0.2) is 0 Å². The standard InChI is InChI=1S/C23H21NO5/c1-23(13-16-10-11-19(29-16)21(25)28-3)18-9-5-8-17(20(18)24-22(23)26)14-6-4-7-15(12-14)27-2/h4-12H,13H2,1-3H3,(H,24,26). The molecular formula is C23H21NO5. The lowest BCUT2D eigenvalue weighted by molar-refractivity contribution is -0.120. The lowest BCUT2D eigenvalue weighted by Crippen LogP contribution is -2.33. The van der Waals surface area contributed by atoms with E-state index in [-0.39, 0.29) is 11.7 Å². The van der Waals surface area contributed by atoms with E-state index < -0.39 is 11.4 Å². The summed E-state index contributed by atoms with van der Waals surface area (Å²) < 4.78 is 15.6. The van der Waals surface area contributed by atoms with Crippen molar-refractivity contribution in [3.8, 4) is 16.9 Å². The number of carbonyl (C=O) groups is 2. The molecule has 1 atom stereocenters. The van der Waals surface area contributed by atoms with Crippen molar-refractivity contribution < 1.29 is 23.5 Å². The maximum Gasteiger partial charge on any atom is 0.373 e. The Bertz CT molecular complexity index is 1100. The molecule has 2 heterocycles. The Morgan fingerprint density at radius 3 is 2.66 bits per heavy atom. The van der Waals surface area contributed by atoms with Crippen molar-refractivity contribution in [2.45, 2.75) is 18.8 Å². The van der Waals surface area contributed by atoms with Crippen LogP contribution in [0.3, 0.4) is 0 Å². The molecule has 1 aliphatic rings. The van der Waals surface area contributed by atoms with Gasteiger partial charge >= 0.3 is 5.97 Å². The first-order chi connectivity index (χ1) is 14.0. The van der Waals surface area contributed by atoms with Crippen LogP contribution in [0.2, 0.25) is 0 Å². The highest BCUT2D eigenvalue weighted by atomic mass is 16.5. The number of rotatable bonds is 5. The van der Waals surface area contributed by atoms with E-state index in [9.17, 15) is 9.59 Å². The van der Waals surface area contributed by atoms with Gasteiger partial charge in [-0.05, 0) is 42.3 Å². The van der Waals surface area contributed by atoms with Gasteiger partial charge in [-0.25, -0.2) is 4.79 Å². The molecule has 0 saturated heterocycles. The van der Waals surface area contributed by atoms with Crippen LogP contribution in [0.5, 0.6) is 5.75 Å². The van der Waals surface area contributed by atoms with Crippen LogP contribution in [-0.4, -0.2) is 26.1 Å². The van der Waals surface area contributed by atoms with E-state index in [2.05, 4.69) is 10.1 Å². The summed E-state index contributed by atoms with van der Waals surface area (Å²) in [5.74, 6) is 0.757. The number of esters is 1. The van der Waals surface area contributed by atoms with E-state index in [4.69, 9.17) is 9.15 Å². The van der Waals surface area contributed by atoms with E-state index in [1.165, 1.54) is 7.11 Å². The highest BCUT2D eigenvalue weighted by Gasteiger charge is 2.44. The number of fused-ring (bicyclic) bond motifs is 1. The molecule has 1 N–H and O–H groups in total. The molecule has 1 aromatic heterocycles. The minimum absolute atomic E-state index is 0.112. The topological polar surface area (TPSA) is 77.8 Å². The Balaban J connectivity index is 1.73. The predicted molar refractivity (Wildman–Crippen MR) is 108 cm³/mol. The van der Waals surface area contributed by atoms with Crippen molar-refractivity contribution in [3.05, 3.63) is 71.7 Å². The summed E-state index contributed by atoms with van der Waals surface area (Å²) in [6.07, 6.45) is 0.324. The average Bonchev–Trinajstić information content (AvgIpc) is 3.30. The first-order valence-corrected chi connectivity index (χ1v) is 9.22. The van der Waals surface area contributed by atoms with Gasteiger partial charge in [-0.3, -0.25) is 4.79 Å². The lowest BCUT2D eigenvalue weighted by atomic mass is 9.79. The van der Waals surface area contributed by atoms with Crippen LogP contribution in [0.15, 0.2) is 59.0 Å². The van der Waals surface area contributed by atoms with Crippen LogP contribution in [0.25, 0.3) is 11.1 Å². The first kappa shape index (κ1) is 18.8. The van der Waals surface area contributed by atoms with Crippen molar-refractivity contribution in [1.82, 2.24) is 0 Å². The third-order valence-corrected chi connectivity index (χ3v) is 5.36. The zero-order valence-corrected chi connectivity index (χ0v) is 16.4. The summed E-state index contributed by atoms with van der Waals surface area (Å²) in [5.41, 5.74) is 2.73. The minimum atomic E-state index is -0.824. The molecule has 0 fully saturated rings. The zero-order chi connectivity index (χ0) is 20.6. The number of anilines is 1. The van der Waals surface area contributed by atoms with E-state index in [0.29, 0.717) is 12.2 Å². The Kier molecular flexibility index (Phi) is 4.62. The van der Waals surface area contributed by atoms with E-state index in [0.717, 1.165) is 28.1 Å². The molecule has 3 aromatic rings. The molecule has 0 bridgehead atoms. The van der Waals surface area contributed by atoms with E-state index in [1.54, 1.807) is 19.2 Å². The largest absolute Gasteiger partial charge is 0.497 e. The number of furan rings is 1. The number of ether oxygens (including phenoxy) is 2. The lowest BCUT2D eigenvalue weighted by Gasteiger charge is -2.21.